The van der Waals surface area contributed by atoms with E-state index in [1.165, 1.54) is 4.90 Å². The van der Waals surface area contributed by atoms with Crippen molar-refractivity contribution in [2.75, 3.05) is 11.5 Å². The lowest BCUT2D eigenvalue weighted by atomic mass is 9.92. The molecule has 1 N–H and O–H groups in total. The molecule has 1 saturated heterocycles. The first-order chi connectivity index (χ1) is 17.3. The second-order valence-corrected chi connectivity index (χ2v) is 10.2. The van der Waals surface area contributed by atoms with E-state index in [0.717, 1.165) is 34.4 Å². The summed E-state index contributed by atoms with van der Waals surface area (Å²) in [6, 6.07) is 20.3. The van der Waals surface area contributed by atoms with Crippen molar-refractivity contribution < 1.29 is 19.4 Å². The Morgan fingerprint density at radius 1 is 0.889 bits per heavy atom. The minimum absolute atomic E-state index is 0.101. The summed E-state index contributed by atoms with van der Waals surface area (Å²) in [5.41, 5.74) is 5.30. The van der Waals surface area contributed by atoms with Crippen molar-refractivity contribution in [1.29, 1.82) is 0 Å². The van der Waals surface area contributed by atoms with E-state index in [4.69, 9.17) is 4.74 Å². The maximum Gasteiger partial charge on any atom is 0.300 e. The van der Waals surface area contributed by atoms with Gasteiger partial charge >= 0.3 is 0 Å². The molecule has 1 fully saturated rings. The van der Waals surface area contributed by atoms with Crippen LogP contribution in [0.1, 0.15) is 73.4 Å². The summed E-state index contributed by atoms with van der Waals surface area (Å²) in [6.45, 7) is 9.06. The fourth-order valence-electron chi connectivity index (χ4n) is 4.99. The third-order valence-corrected chi connectivity index (χ3v) is 7.16. The number of nitrogens with zero attached hydrogens (tertiary/aromatic N) is 1. The van der Waals surface area contributed by atoms with E-state index in [9.17, 15) is 14.7 Å². The highest BCUT2D eigenvalue weighted by Crippen LogP contribution is 2.43. The number of carbonyl (C=O) groups excluding carboxylic acids is 2. The first kappa shape index (κ1) is 23.9. The largest absolute Gasteiger partial charge is 0.507 e. The van der Waals surface area contributed by atoms with Gasteiger partial charge in [0.05, 0.1) is 18.2 Å². The molecule has 0 spiro atoms. The van der Waals surface area contributed by atoms with Crippen molar-refractivity contribution in [1.82, 2.24) is 0 Å². The minimum atomic E-state index is -0.736. The van der Waals surface area contributed by atoms with Gasteiger partial charge in [0.1, 0.15) is 11.5 Å². The summed E-state index contributed by atoms with van der Waals surface area (Å²) in [7, 11) is 0. The Hall–Kier alpha value is -3.86. The highest BCUT2D eigenvalue weighted by Gasteiger charge is 2.47. The number of amides is 1. The zero-order valence-corrected chi connectivity index (χ0v) is 21.1. The predicted molar refractivity (Wildman–Crippen MR) is 141 cm³/mol. The van der Waals surface area contributed by atoms with Gasteiger partial charge in [-0.1, -0.05) is 64.1 Å². The summed E-state index contributed by atoms with van der Waals surface area (Å²) >= 11 is 0. The topological polar surface area (TPSA) is 66.8 Å². The molecule has 1 atom stereocenters. The number of ketones is 1. The predicted octanol–water partition coefficient (Wildman–Crippen LogP) is 6.49. The van der Waals surface area contributed by atoms with Crippen LogP contribution in [0, 0.1) is 0 Å². The Morgan fingerprint density at radius 3 is 2.11 bits per heavy atom. The van der Waals surface area contributed by atoms with Gasteiger partial charge < -0.3 is 9.84 Å². The second-order valence-electron chi connectivity index (χ2n) is 10.2. The average Bonchev–Trinajstić information content (AvgIpc) is 3.45. The fraction of sp³-hybridized carbons (Fsp3) is 0.290. The van der Waals surface area contributed by atoms with E-state index in [-0.39, 0.29) is 11.3 Å². The van der Waals surface area contributed by atoms with Gasteiger partial charge in [-0.3, -0.25) is 14.5 Å². The van der Waals surface area contributed by atoms with Crippen LogP contribution in [0.25, 0.3) is 5.76 Å². The maximum atomic E-state index is 13.4. The average molecular weight is 482 g/mol. The second kappa shape index (κ2) is 9.30. The smallest absolute Gasteiger partial charge is 0.300 e. The number of hydrogen-bond donors (Lipinski definition) is 1. The minimum Gasteiger partial charge on any atom is -0.507 e. The first-order valence-electron chi connectivity index (χ1n) is 12.5. The van der Waals surface area contributed by atoms with Crippen LogP contribution in [0.15, 0.2) is 72.3 Å². The van der Waals surface area contributed by atoms with Crippen LogP contribution in [0.2, 0.25) is 0 Å². The van der Waals surface area contributed by atoms with Gasteiger partial charge in [-0.2, -0.15) is 0 Å². The van der Waals surface area contributed by atoms with E-state index < -0.39 is 17.7 Å². The monoisotopic (exact) mass is 481 g/mol. The lowest BCUT2D eigenvalue weighted by molar-refractivity contribution is -0.132. The van der Waals surface area contributed by atoms with E-state index >= 15 is 0 Å². The van der Waals surface area contributed by atoms with Crippen LogP contribution in [0.3, 0.4) is 0 Å². The molecular weight excluding hydrogens is 450 g/mol. The molecule has 36 heavy (non-hydrogen) atoms. The van der Waals surface area contributed by atoms with Gasteiger partial charge in [-0.05, 0) is 64.4 Å². The maximum absolute atomic E-state index is 13.4. The molecule has 0 bridgehead atoms. The molecule has 0 saturated carbocycles. The molecule has 1 amide bonds. The van der Waals surface area contributed by atoms with Gasteiger partial charge in [0.15, 0.2) is 0 Å². The number of ether oxygens (including phenoxy) is 1. The van der Waals surface area contributed by atoms with E-state index in [1.54, 1.807) is 6.07 Å². The number of carbonyl (C=O) groups is 2. The number of anilines is 1. The number of hydrogen-bond acceptors (Lipinski definition) is 4. The van der Waals surface area contributed by atoms with Crippen molar-refractivity contribution in [2.24, 2.45) is 0 Å². The SMILES string of the molecule is CC(C)c1ccc(C2/C(=C(/O)c3ccc4c(c3)CCO4)C(=O)C(=O)N2c2ccc(C(C)C)cc2)cc1. The quantitative estimate of drug-likeness (QED) is 0.257. The summed E-state index contributed by atoms with van der Waals surface area (Å²) in [5, 5.41) is 11.4. The number of benzene rings is 3. The zero-order valence-electron chi connectivity index (χ0n) is 21.1. The lowest BCUT2D eigenvalue weighted by Gasteiger charge is -2.26. The summed E-state index contributed by atoms with van der Waals surface area (Å²) < 4.78 is 5.59. The molecule has 184 valence electrons. The van der Waals surface area contributed by atoms with Gasteiger partial charge in [0.2, 0.25) is 0 Å². The van der Waals surface area contributed by atoms with Gasteiger partial charge in [-0.15, -0.1) is 0 Å². The number of rotatable bonds is 5. The Labute approximate surface area is 212 Å². The normalized spacial score (nSPS) is 18.7. The number of Topliss-reactive ketones (excluding diaryl/α,β-unsaturated/α-hetero) is 1. The molecule has 2 heterocycles. The molecule has 3 aromatic carbocycles. The van der Waals surface area contributed by atoms with Crippen LogP contribution < -0.4 is 9.64 Å². The summed E-state index contributed by atoms with van der Waals surface area (Å²) in [4.78, 5) is 28.4. The zero-order chi connectivity index (χ0) is 25.6. The van der Waals surface area contributed by atoms with Crippen molar-refractivity contribution in [3.8, 4) is 5.75 Å². The van der Waals surface area contributed by atoms with Crippen molar-refractivity contribution in [2.45, 2.75) is 52.0 Å². The molecule has 0 aromatic heterocycles. The summed E-state index contributed by atoms with van der Waals surface area (Å²) in [6.07, 6.45) is 0.743. The highest BCUT2D eigenvalue weighted by molar-refractivity contribution is 6.51. The standard InChI is InChI=1S/C31H31NO4/c1-18(2)20-5-7-22(8-6-20)28-27(29(33)24-11-14-26-23(17-24)15-16-36-26)30(34)31(35)32(28)25-12-9-21(10-13-25)19(3)4/h5-14,17-19,28,33H,15-16H2,1-4H3/b29-27-. The third kappa shape index (κ3) is 4.09. The fourth-order valence-corrected chi connectivity index (χ4v) is 4.99. The van der Waals surface area contributed by atoms with Gasteiger partial charge in [-0.25, -0.2) is 0 Å². The Bertz CT molecular complexity index is 1350. The molecule has 0 radical (unpaired) electrons. The van der Waals surface area contributed by atoms with Crippen molar-refractivity contribution in [3.05, 3.63) is 100 Å². The molecule has 2 aliphatic heterocycles. The molecule has 5 rings (SSSR count). The Morgan fingerprint density at radius 2 is 1.50 bits per heavy atom. The molecule has 5 nitrogen and oxygen atoms in total. The highest BCUT2D eigenvalue weighted by atomic mass is 16.5. The van der Waals surface area contributed by atoms with Crippen molar-refractivity contribution >= 4 is 23.1 Å². The molecule has 3 aromatic rings. The van der Waals surface area contributed by atoms with Crippen LogP contribution >= 0.6 is 0 Å². The Kier molecular flexibility index (Phi) is 6.17. The third-order valence-electron chi connectivity index (χ3n) is 7.16. The summed E-state index contributed by atoms with van der Waals surface area (Å²) in [5.74, 6) is -0.00741. The van der Waals surface area contributed by atoms with E-state index in [1.807, 2.05) is 60.7 Å². The molecule has 2 aliphatic rings. The van der Waals surface area contributed by atoms with Crippen LogP contribution in [-0.4, -0.2) is 23.4 Å². The van der Waals surface area contributed by atoms with Crippen LogP contribution in [0.5, 0.6) is 5.75 Å². The van der Waals surface area contributed by atoms with Crippen molar-refractivity contribution in [3.63, 3.8) is 0 Å². The first-order valence-corrected chi connectivity index (χ1v) is 12.5. The van der Waals surface area contributed by atoms with E-state index in [2.05, 4.69) is 27.7 Å². The van der Waals surface area contributed by atoms with Crippen LogP contribution in [0.4, 0.5) is 5.69 Å². The Balaban J connectivity index is 1.66. The molecule has 1 unspecified atom stereocenters. The van der Waals surface area contributed by atoms with Crippen LogP contribution in [-0.2, 0) is 16.0 Å². The number of aliphatic hydroxyl groups is 1. The molecular formula is C31H31NO4. The van der Waals surface area contributed by atoms with Gasteiger partial charge in [0.25, 0.3) is 11.7 Å². The number of fused-ring (bicyclic) bond motifs is 1. The van der Waals surface area contributed by atoms with Gasteiger partial charge in [0, 0.05) is 17.7 Å². The molecule has 0 aliphatic carbocycles. The molecule has 5 heteroatoms. The number of aliphatic hydroxyl groups excluding tert-OH is 1. The van der Waals surface area contributed by atoms with E-state index in [0.29, 0.717) is 29.7 Å². The lowest BCUT2D eigenvalue weighted by Crippen LogP contribution is -2.29.